The summed E-state index contributed by atoms with van der Waals surface area (Å²) in [6.45, 7) is 3.10. The molecule has 5 rings (SSSR count). The van der Waals surface area contributed by atoms with Crippen LogP contribution in [0.3, 0.4) is 0 Å². The van der Waals surface area contributed by atoms with Gasteiger partial charge < -0.3 is 4.74 Å². The number of hydrogen-bond donors (Lipinski definition) is 0. The summed E-state index contributed by atoms with van der Waals surface area (Å²) in [6, 6.07) is 10.2. The number of rotatable bonds is 5. The van der Waals surface area contributed by atoms with Crippen molar-refractivity contribution < 1.29 is 17.9 Å². The standard InChI is InChI=1S/C24H27N3O4S2/c1-31-23(28)22-19-10-14-26(15-17-7-5-9-20-18(17)8-6-11-25-20)16-21(19)32-24(22)33(29,30)27-12-3-2-4-13-27/h5-9,11H,2-4,10,12-16H2,1H3. The number of nitrogens with zero attached hydrogens (tertiary/aromatic N) is 3. The van der Waals surface area contributed by atoms with Crippen molar-refractivity contribution in [3.8, 4) is 0 Å². The van der Waals surface area contributed by atoms with Gasteiger partial charge in [0.05, 0.1) is 18.2 Å². The third kappa shape index (κ3) is 4.19. The van der Waals surface area contributed by atoms with Crippen molar-refractivity contribution in [3.63, 3.8) is 0 Å². The maximum Gasteiger partial charge on any atom is 0.340 e. The number of benzene rings is 1. The molecule has 0 saturated carbocycles. The van der Waals surface area contributed by atoms with E-state index in [1.54, 1.807) is 6.20 Å². The molecule has 0 amide bonds. The Hall–Kier alpha value is -2.33. The molecular weight excluding hydrogens is 458 g/mol. The minimum atomic E-state index is -3.72. The third-order valence-electron chi connectivity index (χ3n) is 6.51. The van der Waals surface area contributed by atoms with Crippen LogP contribution < -0.4 is 0 Å². The molecule has 0 radical (unpaired) electrons. The van der Waals surface area contributed by atoms with Gasteiger partial charge in [-0.15, -0.1) is 11.3 Å². The van der Waals surface area contributed by atoms with Crippen molar-refractivity contribution in [2.45, 2.75) is 43.0 Å². The van der Waals surface area contributed by atoms with E-state index in [2.05, 4.69) is 22.0 Å². The Morgan fingerprint density at radius 3 is 2.73 bits per heavy atom. The predicted octanol–water partition coefficient (Wildman–Crippen LogP) is 3.82. The minimum Gasteiger partial charge on any atom is -0.465 e. The van der Waals surface area contributed by atoms with E-state index in [9.17, 15) is 13.2 Å². The van der Waals surface area contributed by atoms with Gasteiger partial charge in [0.2, 0.25) is 0 Å². The molecule has 0 N–H and O–H groups in total. The zero-order chi connectivity index (χ0) is 23.0. The zero-order valence-electron chi connectivity index (χ0n) is 18.6. The van der Waals surface area contributed by atoms with Gasteiger partial charge in [0.25, 0.3) is 10.0 Å². The van der Waals surface area contributed by atoms with Crippen LogP contribution in [0.25, 0.3) is 10.9 Å². The van der Waals surface area contributed by atoms with Crippen LogP contribution in [0.2, 0.25) is 0 Å². The van der Waals surface area contributed by atoms with Gasteiger partial charge in [0.15, 0.2) is 0 Å². The number of fused-ring (bicyclic) bond motifs is 2. The molecule has 2 aromatic heterocycles. The largest absolute Gasteiger partial charge is 0.465 e. The van der Waals surface area contributed by atoms with Crippen LogP contribution in [0.15, 0.2) is 40.7 Å². The molecule has 0 unspecified atom stereocenters. The summed E-state index contributed by atoms with van der Waals surface area (Å²) >= 11 is 1.24. The number of carbonyl (C=O) groups is 1. The first-order valence-electron chi connectivity index (χ1n) is 11.3. The lowest BCUT2D eigenvalue weighted by atomic mass is 10.0. The number of sulfonamides is 1. The van der Waals surface area contributed by atoms with Crippen molar-refractivity contribution in [3.05, 3.63) is 58.1 Å². The molecule has 4 heterocycles. The molecule has 7 nitrogen and oxygen atoms in total. The second-order valence-electron chi connectivity index (χ2n) is 8.57. The van der Waals surface area contributed by atoms with E-state index in [4.69, 9.17) is 4.74 Å². The number of thiophene rings is 1. The highest BCUT2D eigenvalue weighted by Crippen LogP contribution is 2.39. The first kappa shape index (κ1) is 22.5. The third-order valence-corrected chi connectivity index (χ3v) is 10.1. The number of carbonyl (C=O) groups excluding carboxylic acids is 1. The molecule has 1 aromatic carbocycles. The fourth-order valence-electron chi connectivity index (χ4n) is 4.82. The van der Waals surface area contributed by atoms with Gasteiger partial charge in [-0.25, -0.2) is 13.2 Å². The molecule has 1 saturated heterocycles. The lowest BCUT2D eigenvalue weighted by molar-refractivity contribution is 0.0595. The summed E-state index contributed by atoms with van der Waals surface area (Å²) in [4.78, 5) is 20.4. The lowest BCUT2D eigenvalue weighted by Crippen LogP contribution is -2.36. The first-order valence-corrected chi connectivity index (χ1v) is 13.5. The van der Waals surface area contributed by atoms with Crippen molar-refractivity contribution >= 4 is 38.2 Å². The van der Waals surface area contributed by atoms with Gasteiger partial charge in [-0.2, -0.15) is 4.31 Å². The Morgan fingerprint density at radius 1 is 1.12 bits per heavy atom. The van der Waals surface area contributed by atoms with Crippen molar-refractivity contribution in [1.82, 2.24) is 14.2 Å². The first-order chi connectivity index (χ1) is 16.0. The topological polar surface area (TPSA) is 79.8 Å². The van der Waals surface area contributed by atoms with Crippen molar-refractivity contribution in [2.75, 3.05) is 26.7 Å². The minimum absolute atomic E-state index is 0.150. The van der Waals surface area contributed by atoms with E-state index >= 15 is 0 Å². The average molecular weight is 486 g/mol. The second-order valence-corrected chi connectivity index (χ2v) is 11.8. The van der Waals surface area contributed by atoms with Gasteiger partial charge >= 0.3 is 5.97 Å². The van der Waals surface area contributed by atoms with Gasteiger partial charge in [-0.05, 0) is 42.5 Å². The summed E-state index contributed by atoms with van der Waals surface area (Å²) in [5, 5.41) is 1.13. The number of methoxy groups -OCH3 is 1. The Labute approximate surface area is 198 Å². The molecule has 1 fully saturated rings. The molecular formula is C24H27N3O4S2. The molecule has 3 aromatic rings. The summed E-state index contributed by atoms with van der Waals surface area (Å²) < 4.78 is 33.6. The highest BCUT2D eigenvalue weighted by Gasteiger charge is 2.37. The Bertz CT molecular complexity index is 1290. The van der Waals surface area contributed by atoms with E-state index in [-0.39, 0.29) is 9.77 Å². The molecule has 2 aliphatic rings. The quantitative estimate of drug-likeness (QED) is 0.511. The fraction of sp³-hybridized carbons (Fsp3) is 0.417. The molecule has 0 bridgehead atoms. The molecule has 0 atom stereocenters. The molecule has 2 aliphatic heterocycles. The normalized spacial score (nSPS) is 17.7. The second kappa shape index (κ2) is 9.13. The summed E-state index contributed by atoms with van der Waals surface area (Å²) in [5.74, 6) is -0.559. The number of hydrogen-bond acceptors (Lipinski definition) is 7. The van der Waals surface area contributed by atoms with E-state index in [1.807, 2.05) is 18.2 Å². The van der Waals surface area contributed by atoms with Gasteiger partial charge in [-0.1, -0.05) is 24.6 Å². The number of ether oxygens (including phenoxy) is 1. The Balaban J connectivity index is 1.47. The van der Waals surface area contributed by atoms with Gasteiger partial charge in [0.1, 0.15) is 4.21 Å². The lowest BCUT2D eigenvalue weighted by Gasteiger charge is -2.27. The predicted molar refractivity (Wildman–Crippen MR) is 128 cm³/mol. The zero-order valence-corrected chi connectivity index (χ0v) is 20.3. The molecule has 33 heavy (non-hydrogen) atoms. The van der Waals surface area contributed by atoms with E-state index in [1.165, 1.54) is 28.3 Å². The highest BCUT2D eigenvalue weighted by molar-refractivity contribution is 7.91. The number of pyridine rings is 1. The van der Waals surface area contributed by atoms with Crippen LogP contribution in [0.4, 0.5) is 0 Å². The maximum absolute atomic E-state index is 13.5. The van der Waals surface area contributed by atoms with Crippen LogP contribution in [0, 0.1) is 0 Å². The molecule has 9 heteroatoms. The van der Waals surface area contributed by atoms with Gasteiger partial charge in [-0.3, -0.25) is 9.88 Å². The fourth-order valence-corrected chi connectivity index (χ4v) is 8.41. The molecule has 0 aliphatic carbocycles. The van der Waals surface area contributed by atoms with E-state index in [0.29, 0.717) is 26.1 Å². The van der Waals surface area contributed by atoms with Crippen LogP contribution >= 0.6 is 11.3 Å². The molecule has 174 valence electrons. The van der Waals surface area contributed by atoms with Crippen molar-refractivity contribution in [1.29, 1.82) is 0 Å². The van der Waals surface area contributed by atoms with E-state index < -0.39 is 16.0 Å². The SMILES string of the molecule is COC(=O)c1c(S(=O)(=O)N2CCCCC2)sc2c1CCN(Cc1cccc3ncccc13)C2. The Kier molecular flexibility index (Phi) is 6.22. The summed E-state index contributed by atoms with van der Waals surface area (Å²) in [5.41, 5.74) is 3.23. The monoisotopic (exact) mass is 485 g/mol. The van der Waals surface area contributed by atoms with Crippen LogP contribution in [0.5, 0.6) is 0 Å². The van der Waals surface area contributed by atoms with Crippen molar-refractivity contribution in [2.24, 2.45) is 0 Å². The number of piperidine rings is 1. The Morgan fingerprint density at radius 2 is 1.94 bits per heavy atom. The van der Waals surface area contributed by atoms with Crippen LogP contribution in [-0.2, 0) is 34.3 Å². The van der Waals surface area contributed by atoms with Gasteiger partial charge in [0, 0.05) is 49.2 Å². The molecule has 0 spiro atoms. The van der Waals surface area contributed by atoms with Crippen LogP contribution in [0.1, 0.15) is 45.6 Å². The number of esters is 1. The average Bonchev–Trinajstić information content (AvgIpc) is 3.24. The highest BCUT2D eigenvalue weighted by atomic mass is 32.2. The summed E-state index contributed by atoms with van der Waals surface area (Å²) in [7, 11) is -2.41. The maximum atomic E-state index is 13.5. The smallest absolute Gasteiger partial charge is 0.340 e. The summed E-state index contributed by atoms with van der Waals surface area (Å²) in [6.07, 6.45) is 5.16. The van der Waals surface area contributed by atoms with Crippen LogP contribution in [-0.4, -0.2) is 55.3 Å². The van der Waals surface area contributed by atoms with E-state index in [0.717, 1.165) is 53.7 Å². The number of aromatic nitrogens is 1.